The van der Waals surface area contributed by atoms with Crippen LogP contribution in [0.5, 0.6) is 11.5 Å². The van der Waals surface area contributed by atoms with Gasteiger partial charge in [-0.15, -0.1) is 0 Å². The van der Waals surface area contributed by atoms with Crippen LogP contribution in [-0.4, -0.2) is 49.1 Å². The summed E-state index contributed by atoms with van der Waals surface area (Å²) in [6, 6.07) is 10.8. The zero-order valence-corrected chi connectivity index (χ0v) is 21.1. The van der Waals surface area contributed by atoms with Gasteiger partial charge in [0.1, 0.15) is 22.1 Å². The number of rotatable bonds is 6. The molecule has 1 aliphatic heterocycles. The van der Waals surface area contributed by atoms with Gasteiger partial charge in [0.25, 0.3) is 5.78 Å². The normalized spacial score (nSPS) is 16.8. The fourth-order valence-electron chi connectivity index (χ4n) is 4.11. The number of nitrogens with zero attached hydrogens (tertiary/aromatic N) is 2. The number of aromatic nitrogens is 1. The number of hydrogen-bond donors (Lipinski definition) is 1. The topological polar surface area (TPSA) is 115 Å². The van der Waals surface area contributed by atoms with E-state index >= 15 is 0 Å². The second-order valence-corrected chi connectivity index (χ2v) is 9.01. The molecule has 3 aromatic rings. The van der Waals surface area contributed by atoms with Gasteiger partial charge in [0.15, 0.2) is 5.13 Å². The molecule has 10 heteroatoms. The van der Waals surface area contributed by atoms with Gasteiger partial charge < -0.3 is 19.3 Å². The Labute approximate surface area is 211 Å². The van der Waals surface area contributed by atoms with Crippen molar-refractivity contribution in [1.82, 2.24) is 4.98 Å². The Hall–Kier alpha value is -4.18. The van der Waals surface area contributed by atoms with Crippen molar-refractivity contribution in [2.45, 2.75) is 19.9 Å². The van der Waals surface area contributed by atoms with Crippen LogP contribution in [0.15, 0.2) is 48.0 Å². The monoisotopic (exact) mass is 508 g/mol. The summed E-state index contributed by atoms with van der Waals surface area (Å²) in [5.41, 5.74) is 1.87. The lowest BCUT2D eigenvalue weighted by Crippen LogP contribution is -2.29. The van der Waals surface area contributed by atoms with Gasteiger partial charge in [0.05, 0.1) is 38.6 Å². The summed E-state index contributed by atoms with van der Waals surface area (Å²) >= 11 is 0.936. The predicted octanol–water partition coefficient (Wildman–Crippen LogP) is 4.19. The van der Waals surface area contributed by atoms with Crippen molar-refractivity contribution in [3.8, 4) is 11.5 Å². The summed E-state index contributed by atoms with van der Waals surface area (Å²) in [7, 11) is 4.29. The van der Waals surface area contributed by atoms with Gasteiger partial charge in [0, 0.05) is 5.56 Å². The molecule has 1 amide bonds. The quantitative estimate of drug-likeness (QED) is 0.228. The number of benzene rings is 2. The zero-order valence-electron chi connectivity index (χ0n) is 20.3. The van der Waals surface area contributed by atoms with E-state index in [0.29, 0.717) is 28.3 Å². The highest BCUT2D eigenvalue weighted by molar-refractivity contribution is 7.17. The van der Waals surface area contributed by atoms with Gasteiger partial charge in [-0.3, -0.25) is 14.5 Å². The lowest BCUT2D eigenvalue weighted by Gasteiger charge is -2.23. The lowest BCUT2D eigenvalue weighted by molar-refractivity contribution is -0.132. The maximum atomic E-state index is 13.4. The smallest absolute Gasteiger partial charge is 0.350 e. The molecule has 0 spiro atoms. The van der Waals surface area contributed by atoms with Crippen LogP contribution in [0.2, 0.25) is 0 Å². The fourth-order valence-corrected chi connectivity index (χ4v) is 5.12. The first-order valence-corrected chi connectivity index (χ1v) is 11.7. The molecule has 36 heavy (non-hydrogen) atoms. The van der Waals surface area contributed by atoms with Crippen LogP contribution in [0.1, 0.15) is 38.1 Å². The third-order valence-electron chi connectivity index (χ3n) is 5.88. The van der Waals surface area contributed by atoms with E-state index in [1.807, 2.05) is 0 Å². The van der Waals surface area contributed by atoms with Crippen LogP contribution < -0.4 is 14.4 Å². The molecule has 9 nitrogen and oxygen atoms in total. The summed E-state index contributed by atoms with van der Waals surface area (Å²) in [5, 5.41) is 11.5. The molecule has 0 radical (unpaired) electrons. The fraction of sp³-hybridized carbons (Fsp3) is 0.231. The van der Waals surface area contributed by atoms with Crippen LogP contribution in [0.4, 0.5) is 5.13 Å². The van der Waals surface area contributed by atoms with Crippen LogP contribution in [0, 0.1) is 13.8 Å². The van der Waals surface area contributed by atoms with Gasteiger partial charge in [0.2, 0.25) is 0 Å². The van der Waals surface area contributed by atoms with Crippen molar-refractivity contribution in [3.05, 3.63) is 75.3 Å². The van der Waals surface area contributed by atoms with E-state index in [1.54, 1.807) is 56.3 Å². The van der Waals surface area contributed by atoms with Gasteiger partial charge in [-0.1, -0.05) is 23.5 Å². The first-order valence-electron chi connectivity index (χ1n) is 10.9. The van der Waals surface area contributed by atoms with E-state index in [1.165, 1.54) is 26.2 Å². The maximum Gasteiger partial charge on any atom is 0.350 e. The number of Topliss-reactive ketones (excluding diaryl/α,β-unsaturated/α-hetero) is 1. The van der Waals surface area contributed by atoms with Crippen molar-refractivity contribution in [1.29, 1.82) is 0 Å². The number of thiazole rings is 1. The van der Waals surface area contributed by atoms with Crippen molar-refractivity contribution < 1.29 is 33.7 Å². The van der Waals surface area contributed by atoms with Gasteiger partial charge in [-0.05, 0) is 55.3 Å². The number of ether oxygens (including phenoxy) is 3. The Morgan fingerprint density at radius 3 is 2.44 bits per heavy atom. The van der Waals surface area contributed by atoms with Crippen molar-refractivity contribution >= 4 is 39.9 Å². The first-order chi connectivity index (χ1) is 17.2. The third-order valence-corrected chi connectivity index (χ3v) is 7.02. The molecule has 4 rings (SSSR count). The highest BCUT2D eigenvalue weighted by Crippen LogP contribution is 2.44. The Bertz CT molecular complexity index is 1410. The number of aliphatic hydroxyl groups is 1. The second-order valence-electron chi connectivity index (χ2n) is 8.03. The molecule has 1 atom stereocenters. The molecule has 2 heterocycles. The minimum absolute atomic E-state index is 0.106. The Morgan fingerprint density at radius 2 is 1.81 bits per heavy atom. The third kappa shape index (κ3) is 4.20. The molecule has 1 saturated heterocycles. The number of ketones is 1. The van der Waals surface area contributed by atoms with Crippen LogP contribution in [-0.2, 0) is 14.3 Å². The lowest BCUT2D eigenvalue weighted by atomic mass is 9.94. The summed E-state index contributed by atoms with van der Waals surface area (Å²) < 4.78 is 15.5. The van der Waals surface area contributed by atoms with E-state index in [9.17, 15) is 19.5 Å². The summed E-state index contributed by atoms with van der Waals surface area (Å²) in [6.45, 7) is 3.42. The Balaban J connectivity index is 1.95. The first kappa shape index (κ1) is 24.9. The standard InChI is InChI=1S/C26H24N2O7S/c1-13-11-16(9-10-18(13)34-4)21(29)19-20(15-7-6-8-17(12-15)33-3)28(24(31)22(19)30)26-27-14(2)23(36-26)25(32)35-5/h6-12,20,29H,1-5H3/t20-/m0/s1. The molecule has 0 bridgehead atoms. The van der Waals surface area contributed by atoms with Crippen LogP contribution >= 0.6 is 11.3 Å². The average molecular weight is 509 g/mol. The molecule has 1 aliphatic rings. The molecule has 186 valence electrons. The van der Waals surface area contributed by atoms with Gasteiger partial charge in [-0.25, -0.2) is 9.78 Å². The summed E-state index contributed by atoms with van der Waals surface area (Å²) in [5.74, 6) is -1.56. The number of carbonyl (C=O) groups is 3. The SMILES string of the molecule is COC(=O)c1sc(N2C(=O)C(=O)C(=C(O)c3ccc(OC)c(C)c3)[C@@H]2c2cccc(OC)c2)nc1C. The number of amides is 1. The van der Waals surface area contributed by atoms with Crippen molar-refractivity contribution in [2.24, 2.45) is 0 Å². The molecule has 1 aromatic heterocycles. The molecule has 2 aromatic carbocycles. The minimum atomic E-state index is -1.02. The Kier molecular flexibility index (Phi) is 6.80. The summed E-state index contributed by atoms with van der Waals surface area (Å²) in [6.07, 6.45) is 0. The highest BCUT2D eigenvalue weighted by Gasteiger charge is 2.48. The molecule has 0 saturated carbocycles. The van der Waals surface area contributed by atoms with E-state index in [2.05, 4.69) is 4.98 Å². The molecule has 0 unspecified atom stereocenters. The number of carbonyl (C=O) groups excluding carboxylic acids is 3. The molecule has 0 aliphatic carbocycles. The number of anilines is 1. The largest absolute Gasteiger partial charge is 0.507 e. The van der Waals surface area contributed by atoms with Crippen molar-refractivity contribution in [3.63, 3.8) is 0 Å². The minimum Gasteiger partial charge on any atom is -0.507 e. The number of methoxy groups -OCH3 is 3. The van der Waals surface area contributed by atoms with Gasteiger partial charge in [-0.2, -0.15) is 0 Å². The molecule has 1 fully saturated rings. The average Bonchev–Trinajstić information content (AvgIpc) is 3.39. The van der Waals surface area contributed by atoms with Crippen molar-refractivity contribution in [2.75, 3.05) is 26.2 Å². The Morgan fingerprint density at radius 1 is 1.06 bits per heavy atom. The molecule has 1 N–H and O–H groups in total. The van der Waals surface area contributed by atoms with E-state index < -0.39 is 23.7 Å². The number of esters is 1. The molecular formula is C26H24N2O7S. The number of aryl methyl sites for hydroxylation is 2. The number of aliphatic hydroxyl groups excluding tert-OH is 1. The van der Waals surface area contributed by atoms with Crippen LogP contribution in [0.25, 0.3) is 5.76 Å². The highest BCUT2D eigenvalue weighted by atomic mass is 32.1. The zero-order chi connectivity index (χ0) is 26.1. The second kappa shape index (κ2) is 9.82. The maximum absolute atomic E-state index is 13.4. The summed E-state index contributed by atoms with van der Waals surface area (Å²) in [4.78, 5) is 44.7. The van der Waals surface area contributed by atoms with E-state index in [4.69, 9.17) is 14.2 Å². The number of hydrogen-bond acceptors (Lipinski definition) is 9. The van der Waals surface area contributed by atoms with E-state index in [0.717, 1.165) is 16.9 Å². The molecular weight excluding hydrogens is 484 g/mol. The predicted molar refractivity (Wildman–Crippen MR) is 134 cm³/mol. The van der Waals surface area contributed by atoms with Gasteiger partial charge >= 0.3 is 11.9 Å². The van der Waals surface area contributed by atoms with E-state index in [-0.39, 0.29) is 21.3 Å². The van der Waals surface area contributed by atoms with Crippen LogP contribution in [0.3, 0.4) is 0 Å².